The van der Waals surface area contributed by atoms with Gasteiger partial charge < -0.3 is 24.4 Å². The standard InChI is InChI=1S/C19H23N3O3.C18H20BrClN4O/c1-12(23)16-9-14-13(11-21-16)8-17(24)15(10-20)18(14)22-6-4-19(2,25-3)5-7-22;1-11(19)14-8-12-15(10-22-14)23-17(20)13(9-21)16(12)24-6-4-18(2,25-3)5-7-24/h9,11-12,23H,4-8H2,1-3H3;8,10-11H,4-7H2,1-3H3/i2*2D3. The van der Waals surface area contributed by atoms with E-state index in [1.165, 1.54) is 14.2 Å². The number of fused-ring (bicyclic) bond motifs is 2. The van der Waals surface area contributed by atoms with Gasteiger partial charge in [0, 0.05) is 72.2 Å². The normalized spacial score (nSPS) is 21.8. The smallest absolute Gasteiger partial charge is 0.179 e. The van der Waals surface area contributed by atoms with Gasteiger partial charge in [0.25, 0.3) is 0 Å². The molecule has 3 aliphatic rings. The molecule has 264 valence electrons. The fraction of sp³-hybridized carbons (Fsp3) is 0.514. The first kappa shape index (κ1) is 30.0. The number of carbonyl (C=O) groups excluding carboxylic acids is 1. The van der Waals surface area contributed by atoms with E-state index in [-0.39, 0.29) is 46.2 Å². The Hall–Kier alpha value is -3.65. The minimum atomic E-state index is -2.26. The number of carbonyl (C=O) groups is 1. The molecule has 50 heavy (non-hydrogen) atoms. The second-order valence-electron chi connectivity index (χ2n) is 12.7. The van der Waals surface area contributed by atoms with Crippen LogP contribution in [0.2, 0.25) is 5.15 Å². The number of hydrogen-bond acceptors (Lipinski definition) is 11. The molecule has 2 atom stereocenters. The van der Waals surface area contributed by atoms with Crippen molar-refractivity contribution in [2.75, 3.05) is 45.3 Å². The molecule has 2 aliphatic heterocycles. The fourth-order valence-electron chi connectivity index (χ4n) is 6.43. The van der Waals surface area contributed by atoms with Gasteiger partial charge >= 0.3 is 0 Å². The number of aliphatic hydroxyl groups is 1. The quantitative estimate of drug-likeness (QED) is 0.213. The number of aliphatic hydroxyl groups excluding tert-OH is 1. The van der Waals surface area contributed by atoms with E-state index < -0.39 is 31.0 Å². The van der Waals surface area contributed by atoms with E-state index in [9.17, 15) is 20.4 Å². The van der Waals surface area contributed by atoms with Crippen molar-refractivity contribution < 1.29 is 27.6 Å². The van der Waals surface area contributed by atoms with E-state index in [0.717, 1.165) is 11.1 Å². The van der Waals surface area contributed by atoms with Crippen LogP contribution in [-0.4, -0.2) is 82.3 Å². The molecule has 5 heterocycles. The zero-order valence-electron chi connectivity index (χ0n) is 34.4. The largest absolute Gasteiger partial charge is 0.387 e. The molecular formula is C37H43BrClN7O4. The molecule has 3 aromatic heterocycles. The lowest BCUT2D eigenvalue weighted by atomic mass is 9.86. The molecule has 2 unspecified atom stereocenters. The number of piperidine rings is 2. The van der Waals surface area contributed by atoms with Crippen molar-refractivity contribution in [2.24, 2.45) is 0 Å². The van der Waals surface area contributed by atoms with E-state index in [2.05, 4.69) is 37.0 Å². The summed E-state index contributed by atoms with van der Waals surface area (Å²) < 4.78 is 57.9. The van der Waals surface area contributed by atoms with Gasteiger partial charge in [-0.2, -0.15) is 10.5 Å². The lowest BCUT2D eigenvalue weighted by molar-refractivity contribution is -0.114. The molecule has 0 amide bonds. The second kappa shape index (κ2) is 15.3. The van der Waals surface area contributed by atoms with Crippen molar-refractivity contribution in [3.05, 3.63) is 63.3 Å². The highest BCUT2D eigenvalue weighted by atomic mass is 79.9. The van der Waals surface area contributed by atoms with E-state index >= 15 is 0 Å². The number of nitrogens with zero attached hydrogens (tertiary/aromatic N) is 7. The molecule has 0 bridgehead atoms. The molecule has 11 nitrogen and oxygen atoms in total. The monoisotopic (exact) mass is 769 g/mol. The molecule has 2 saturated heterocycles. The minimum Gasteiger partial charge on any atom is -0.387 e. The van der Waals surface area contributed by atoms with E-state index in [0.29, 0.717) is 72.7 Å². The van der Waals surface area contributed by atoms with Gasteiger partial charge in [-0.3, -0.25) is 14.8 Å². The van der Waals surface area contributed by atoms with Gasteiger partial charge in [-0.05, 0) is 70.9 Å². The summed E-state index contributed by atoms with van der Waals surface area (Å²) in [5.74, 6) is -0.281. The first-order valence-corrected chi connectivity index (χ1v) is 17.5. The Bertz CT molecular complexity index is 2100. The molecule has 3 aromatic rings. The predicted octanol–water partition coefficient (Wildman–Crippen LogP) is 6.61. The number of alkyl halides is 1. The van der Waals surface area contributed by atoms with Gasteiger partial charge in [-0.1, -0.05) is 27.5 Å². The zero-order chi connectivity index (χ0) is 41.4. The summed E-state index contributed by atoms with van der Waals surface area (Å²) in [5, 5.41) is 30.1. The number of rotatable bonds is 6. The Labute approximate surface area is 315 Å². The molecule has 2 fully saturated rings. The summed E-state index contributed by atoms with van der Waals surface area (Å²) in [4.78, 5) is 29.3. The first-order chi connectivity index (χ1) is 26.3. The summed E-state index contributed by atoms with van der Waals surface area (Å²) in [6.45, 7) is 0.623. The predicted molar refractivity (Wildman–Crippen MR) is 196 cm³/mol. The average Bonchev–Trinajstić information content (AvgIpc) is 3.15. The maximum absolute atomic E-state index is 12.5. The number of ketones is 1. The van der Waals surface area contributed by atoms with Crippen LogP contribution in [0.15, 0.2) is 30.1 Å². The highest BCUT2D eigenvalue weighted by molar-refractivity contribution is 9.09. The third kappa shape index (κ3) is 7.65. The summed E-state index contributed by atoms with van der Waals surface area (Å²) in [6, 6.07) is 7.78. The van der Waals surface area contributed by atoms with Crippen molar-refractivity contribution in [3.63, 3.8) is 0 Å². The maximum atomic E-state index is 12.5. The van der Waals surface area contributed by atoms with Gasteiger partial charge in [-0.15, -0.1) is 0 Å². The lowest BCUT2D eigenvalue weighted by Crippen LogP contribution is -2.44. The Morgan fingerprint density at radius 2 is 1.58 bits per heavy atom. The Kier molecular flexibility index (Phi) is 9.19. The van der Waals surface area contributed by atoms with Crippen LogP contribution in [-0.2, 0) is 20.7 Å². The highest BCUT2D eigenvalue weighted by Gasteiger charge is 2.36. The number of methoxy groups -OCH3 is 2. The molecule has 1 aliphatic carbocycles. The second-order valence-corrected chi connectivity index (χ2v) is 14.5. The van der Waals surface area contributed by atoms with Crippen LogP contribution in [0.3, 0.4) is 0 Å². The van der Waals surface area contributed by atoms with Crippen LogP contribution in [0.4, 0.5) is 5.69 Å². The van der Waals surface area contributed by atoms with Crippen molar-refractivity contribution in [3.8, 4) is 12.1 Å². The Balaban J connectivity index is 0.000000214. The molecular weight excluding hydrogens is 722 g/mol. The fourth-order valence-corrected chi connectivity index (χ4v) is 6.91. The Morgan fingerprint density at radius 3 is 2.10 bits per heavy atom. The van der Waals surface area contributed by atoms with Gasteiger partial charge in [-0.25, -0.2) is 4.98 Å². The van der Waals surface area contributed by atoms with Gasteiger partial charge in [0.1, 0.15) is 28.4 Å². The van der Waals surface area contributed by atoms with Gasteiger partial charge in [0.15, 0.2) is 5.78 Å². The van der Waals surface area contributed by atoms with Gasteiger partial charge in [0.05, 0.1) is 56.6 Å². The number of pyridine rings is 3. The third-order valence-corrected chi connectivity index (χ3v) is 10.3. The number of likely N-dealkylation sites (tertiary alicyclic amines) is 1. The number of Topliss-reactive ketones (excluding diaryl/α,β-unsaturated/α-hetero) is 1. The topological polar surface area (TPSA) is 148 Å². The number of hydrogen-bond donors (Lipinski definition) is 1. The molecule has 0 radical (unpaired) electrons. The zero-order valence-corrected chi connectivity index (χ0v) is 30.7. The van der Waals surface area contributed by atoms with Crippen molar-refractivity contribution in [1.29, 1.82) is 10.5 Å². The molecule has 0 aromatic carbocycles. The number of nitriles is 2. The number of anilines is 1. The van der Waals surface area contributed by atoms with Crippen molar-refractivity contribution in [2.45, 2.75) is 81.8 Å². The number of halogens is 2. The van der Waals surface area contributed by atoms with E-state index in [4.69, 9.17) is 29.3 Å². The van der Waals surface area contributed by atoms with Crippen LogP contribution in [0.25, 0.3) is 16.6 Å². The summed E-state index contributed by atoms with van der Waals surface area (Å²) >= 11 is 9.79. The van der Waals surface area contributed by atoms with E-state index in [1.54, 1.807) is 25.4 Å². The summed E-state index contributed by atoms with van der Waals surface area (Å²) in [6.07, 6.45) is 3.64. The average molecular weight is 771 g/mol. The lowest BCUT2D eigenvalue weighted by Gasteiger charge is -2.41. The molecule has 1 N–H and O–H groups in total. The Morgan fingerprint density at radius 1 is 0.980 bits per heavy atom. The molecule has 0 saturated carbocycles. The molecule has 13 heteroatoms. The van der Waals surface area contributed by atoms with Crippen LogP contribution < -0.4 is 4.90 Å². The number of ether oxygens (including phenoxy) is 2. The maximum Gasteiger partial charge on any atom is 0.179 e. The van der Waals surface area contributed by atoms with Crippen LogP contribution in [0.1, 0.15) is 100 Å². The molecule has 0 spiro atoms. The van der Waals surface area contributed by atoms with Crippen LogP contribution in [0.5, 0.6) is 0 Å². The van der Waals surface area contributed by atoms with Crippen molar-refractivity contribution in [1.82, 2.24) is 19.9 Å². The first-order valence-electron chi connectivity index (χ1n) is 19.2. The summed E-state index contributed by atoms with van der Waals surface area (Å²) in [7, 11) is 2.85. The SMILES string of the molecule is [2H]C([2H])([2H])C1(OC)CCN(C2=C(C#N)C(=O)Cc3cnc(C(C)O)cc32)CC1.[2H]C([2H])([2H])C1(OC)CCN(c2c(C#N)c(Cl)nc3cnc(C(C)Br)cc23)CC1. The highest BCUT2D eigenvalue weighted by Crippen LogP contribution is 2.39. The summed E-state index contributed by atoms with van der Waals surface area (Å²) in [5.41, 5.74) is 2.35. The minimum absolute atomic E-state index is 0.0315. The van der Waals surface area contributed by atoms with Crippen LogP contribution >= 0.6 is 27.5 Å². The third-order valence-electron chi connectivity index (χ3n) is 9.57. The van der Waals surface area contributed by atoms with E-state index in [1.807, 2.05) is 28.9 Å². The number of allylic oxidation sites excluding steroid dienone is 1. The van der Waals surface area contributed by atoms with Gasteiger partial charge in [0.2, 0.25) is 0 Å². The number of aromatic nitrogens is 3. The van der Waals surface area contributed by atoms with Crippen LogP contribution in [0, 0.1) is 22.7 Å². The molecule has 6 rings (SSSR count). The van der Waals surface area contributed by atoms with Crippen molar-refractivity contribution >= 4 is 55.6 Å².